The molecule has 2 saturated heterocycles. The standard InChI is InChI=1S/C36H48ClFN8O2/c1-24(2)46(25(3)4)35(47)29-19-27(38)5-6-30(29)48-31-20-39-23-40-34(31)45-16-11-26(22-45)21-44-17-14-36(15-18-44)12-9-28(10-13-36)41-33-8-7-32(37)42-43-33/h5-8,19-20,23-26,28H,9-18,21-22H2,1-4H3,(H,41,43)/t26-/m0/s1. The van der Waals surface area contributed by atoms with Crippen LogP contribution in [0.5, 0.6) is 11.5 Å². The molecule has 3 aromatic rings. The number of halogens is 2. The highest BCUT2D eigenvalue weighted by molar-refractivity contribution is 6.29. The van der Waals surface area contributed by atoms with Gasteiger partial charge in [-0.05, 0) is 127 Å². The van der Waals surface area contributed by atoms with Crippen LogP contribution in [0.4, 0.5) is 16.0 Å². The van der Waals surface area contributed by atoms with Crippen molar-refractivity contribution in [1.82, 2.24) is 30.0 Å². The van der Waals surface area contributed by atoms with Gasteiger partial charge in [0.2, 0.25) is 0 Å². The summed E-state index contributed by atoms with van der Waals surface area (Å²) in [6.07, 6.45) is 11.6. The third-order valence-corrected chi connectivity index (χ3v) is 10.6. The van der Waals surface area contributed by atoms with Crippen molar-refractivity contribution in [3.05, 3.63) is 59.4 Å². The Kier molecular flexibility index (Phi) is 10.6. The Hall–Kier alpha value is -3.57. The van der Waals surface area contributed by atoms with Crippen molar-refractivity contribution in [1.29, 1.82) is 0 Å². The summed E-state index contributed by atoms with van der Waals surface area (Å²) in [5.41, 5.74) is 0.645. The Labute approximate surface area is 288 Å². The van der Waals surface area contributed by atoms with Gasteiger partial charge in [0, 0.05) is 37.8 Å². The van der Waals surface area contributed by atoms with E-state index < -0.39 is 5.82 Å². The molecule has 2 aliphatic heterocycles. The van der Waals surface area contributed by atoms with Crippen LogP contribution in [-0.2, 0) is 0 Å². The molecule has 1 amide bonds. The van der Waals surface area contributed by atoms with Crippen molar-refractivity contribution in [3.8, 4) is 11.5 Å². The summed E-state index contributed by atoms with van der Waals surface area (Å²) in [5, 5.41) is 12.1. The maximum absolute atomic E-state index is 14.4. The number of amides is 1. The summed E-state index contributed by atoms with van der Waals surface area (Å²) < 4.78 is 20.7. The zero-order valence-corrected chi connectivity index (χ0v) is 29.3. The SMILES string of the molecule is CC(C)N(C(=O)c1cc(F)ccc1Oc1cncnc1N1CC[C@@H](CN2CCC3(CCC(Nc4ccc(Cl)nn4)CC3)CC2)C1)C(C)C. The summed E-state index contributed by atoms with van der Waals surface area (Å²) in [6.45, 7) is 12.9. The van der Waals surface area contributed by atoms with Gasteiger partial charge in [0.15, 0.2) is 16.7 Å². The molecule has 4 heterocycles. The lowest BCUT2D eigenvalue weighted by molar-refractivity contribution is 0.0584. The minimum atomic E-state index is -0.483. The van der Waals surface area contributed by atoms with Crippen LogP contribution in [0.3, 0.4) is 0 Å². The Morgan fingerprint density at radius 3 is 2.46 bits per heavy atom. The monoisotopic (exact) mass is 678 g/mol. The van der Waals surface area contributed by atoms with E-state index in [0.29, 0.717) is 39.8 Å². The molecule has 1 atom stereocenters. The van der Waals surface area contributed by atoms with Gasteiger partial charge in [-0.15, -0.1) is 10.2 Å². The Balaban J connectivity index is 1.03. The number of hydrogen-bond donors (Lipinski definition) is 1. The molecule has 0 unspecified atom stereocenters. The van der Waals surface area contributed by atoms with Crippen molar-refractivity contribution < 1.29 is 13.9 Å². The van der Waals surface area contributed by atoms with E-state index in [2.05, 4.69) is 35.3 Å². The lowest BCUT2D eigenvalue weighted by Gasteiger charge is -2.46. The van der Waals surface area contributed by atoms with Gasteiger partial charge in [-0.1, -0.05) is 11.6 Å². The van der Waals surface area contributed by atoms with Crippen molar-refractivity contribution >= 4 is 29.1 Å². The van der Waals surface area contributed by atoms with Crippen molar-refractivity contribution in [2.45, 2.75) is 90.8 Å². The van der Waals surface area contributed by atoms with E-state index in [0.717, 1.165) is 57.8 Å². The Bertz CT molecular complexity index is 1530. The van der Waals surface area contributed by atoms with E-state index in [4.69, 9.17) is 16.3 Å². The van der Waals surface area contributed by atoms with Crippen LogP contribution in [0.2, 0.25) is 5.15 Å². The minimum absolute atomic E-state index is 0.0509. The molecular formula is C36H48ClFN8O2. The van der Waals surface area contributed by atoms with Crippen LogP contribution in [0, 0.1) is 17.2 Å². The van der Waals surface area contributed by atoms with Crippen LogP contribution < -0.4 is 15.0 Å². The van der Waals surface area contributed by atoms with Crippen LogP contribution in [-0.4, -0.2) is 86.7 Å². The molecule has 10 nitrogen and oxygen atoms in total. The molecule has 3 aliphatic rings. The van der Waals surface area contributed by atoms with E-state index in [-0.39, 0.29) is 23.6 Å². The average Bonchev–Trinajstić information content (AvgIpc) is 3.53. The molecule has 48 heavy (non-hydrogen) atoms. The van der Waals surface area contributed by atoms with Crippen LogP contribution in [0.15, 0.2) is 42.9 Å². The molecular weight excluding hydrogens is 631 g/mol. The lowest BCUT2D eigenvalue weighted by atomic mass is 9.67. The first kappa shape index (κ1) is 34.3. The normalized spacial score (nSPS) is 20.1. The third-order valence-electron chi connectivity index (χ3n) is 10.4. The van der Waals surface area contributed by atoms with Gasteiger partial charge in [-0.3, -0.25) is 4.79 Å². The fraction of sp³-hybridized carbons (Fsp3) is 0.583. The summed E-state index contributed by atoms with van der Waals surface area (Å²) in [6, 6.07) is 8.11. The third kappa shape index (κ3) is 8.00. The molecule has 1 spiro atoms. The predicted octanol–water partition coefficient (Wildman–Crippen LogP) is 7.07. The molecule has 2 aromatic heterocycles. The van der Waals surface area contributed by atoms with E-state index in [1.807, 2.05) is 33.8 Å². The molecule has 1 aliphatic carbocycles. The highest BCUT2D eigenvalue weighted by Crippen LogP contribution is 2.45. The van der Waals surface area contributed by atoms with E-state index in [1.165, 1.54) is 50.2 Å². The molecule has 1 saturated carbocycles. The van der Waals surface area contributed by atoms with E-state index >= 15 is 0 Å². The second kappa shape index (κ2) is 14.9. The molecule has 0 bridgehead atoms. The van der Waals surface area contributed by atoms with Gasteiger partial charge in [-0.2, -0.15) is 0 Å². The number of benzene rings is 1. The van der Waals surface area contributed by atoms with Gasteiger partial charge in [0.05, 0.1) is 11.8 Å². The highest BCUT2D eigenvalue weighted by Gasteiger charge is 2.39. The molecule has 3 fully saturated rings. The number of hydrogen-bond acceptors (Lipinski definition) is 9. The fourth-order valence-corrected chi connectivity index (χ4v) is 8.03. The number of ether oxygens (including phenoxy) is 1. The number of likely N-dealkylation sites (tertiary alicyclic amines) is 1. The lowest BCUT2D eigenvalue weighted by Crippen LogP contribution is -2.45. The Morgan fingerprint density at radius 1 is 1.02 bits per heavy atom. The summed E-state index contributed by atoms with van der Waals surface area (Å²) in [7, 11) is 0. The van der Waals surface area contributed by atoms with Crippen molar-refractivity contribution in [3.63, 3.8) is 0 Å². The smallest absolute Gasteiger partial charge is 0.258 e. The second-order valence-corrected chi connectivity index (χ2v) is 14.8. The number of nitrogens with zero attached hydrogens (tertiary/aromatic N) is 7. The van der Waals surface area contributed by atoms with Crippen LogP contribution in [0.25, 0.3) is 0 Å². The topological polar surface area (TPSA) is 99.6 Å². The summed E-state index contributed by atoms with van der Waals surface area (Å²) in [4.78, 5) is 29.0. The fourth-order valence-electron chi connectivity index (χ4n) is 7.93. The highest BCUT2D eigenvalue weighted by atomic mass is 35.5. The summed E-state index contributed by atoms with van der Waals surface area (Å²) >= 11 is 5.89. The van der Waals surface area contributed by atoms with Gasteiger partial charge in [-0.25, -0.2) is 14.4 Å². The minimum Gasteiger partial charge on any atom is -0.451 e. The maximum Gasteiger partial charge on any atom is 0.258 e. The van der Waals surface area contributed by atoms with Gasteiger partial charge < -0.3 is 24.8 Å². The molecule has 12 heteroatoms. The molecule has 258 valence electrons. The van der Waals surface area contributed by atoms with Gasteiger partial charge in [0.25, 0.3) is 5.91 Å². The second-order valence-electron chi connectivity index (χ2n) is 14.4. The van der Waals surface area contributed by atoms with Crippen molar-refractivity contribution in [2.75, 3.05) is 42.9 Å². The number of carbonyl (C=O) groups is 1. The number of nitrogens with one attached hydrogen (secondary N) is 1. The first-order valence-corrected chi connectivity index (χ1v) is 17.8. The van der Waals surface area contributed by atoms with E-state index in [9.17, 15) is 9.18 Å². The van der Waals surface area contributed by atoms with Crippen LogP contribution in [0.1, 0.15) is 83.0 Å². The number of piperidine rings is 1. The first-order valence-electron chi connectivity index (χ1n) is 17.4. The number of rotatable bonds is 10. The summed E-state index contributed by atoms with van der Waals surface area (Å²) in [5.74, 6) is 2.04. The van der Waals surface area contributed by atoms with Gasteiger partial charge >= 0.3 is 0 Å². The zero-order chi connectivity index (χ0) is 33.8. The van der Waals surface area contributed by atoms with Gasteiger partial charge in [0.1, 0.15) is 23.7 Å². The molecule has 0 radical (unpaired) electrons. The molecule has 1 N–H and O–H groups in total. The maximum atomic E-state index is 14.4. The average molecular weight is 679 g/mol. The number of aromatic nitrogens is 4. The van der Waals surface area contributed by atoms with Crippen molar-refractivity contribution in [2.24, 2.45) is 11.3 Å². The Morgan fingerprint density at radius 2 is 1.77 bits per heavy atom. The number of carbonyl (C=O) groups excluding carboxylic acids is 1. The number of anilines is 2. The quantitative estimate of drug-likeness (QED) is 0.241. The molecule has 6 rings (SSSR count). The van der Waals surface area contributed by atoms with Crippen LogP contribution >= 0.6 is 11.6 Å². The first-order chi connectivity index (χ1) is 23.1. The zero-order valence-electron chi connectivity index (χ0n) is 28.5. The largest absolute Gasteiger partial charge is 0.451 e. The van der Waals surface area contributed by atoms with E-state index in [1.54, 1.807) is 17.2 Å². The predicted molar refractivity (Wildman–Crippen MR) is 186 cm³/mol. The molecule has 1 aromatic carbocycles.